The summed E-state index contributed by atoms with van der Waals surface area (Å²) < 4.78 is 5.41. The van der Waals surface area contributed by atoms with E-state index in [1.807, 2.05) is 37.9 Å². The minimum absolute atomic E-state index is 0.0271. The molecule has 1 aliphatic heterocycles. The molecule has 0 aromatic heterocycles. The number of amides is 1. The monoisotopic (exact) mass is 274 g/mol. The zero-order valence-electron chi connectivity index (χ0n) is 13.0. The Balaban J connectivity index is 2.73. The standard InChI is InChI=1S/C16H22N2O2/c1-10-9-16(3,4)18(11(2)19)14-8-15(20-6)13(17-5)7-12(10)14/h7-9,17H,1-6H3. The Labute approximate surface area is 120 Å². The van der Waals surface area contributed by atoms with Crippen molar-refractivity contribution in [3.8, 4) is 5.75 Å². The molecule has 1 heterocycles. The zero-order valence-corrected chi connectivity index (χ0v) is 13.0. The van der Waals surface area contributed by atoms with E-state index in [2.05, 4.69) is 18.3 Å². The molecule has 0 unspecified atom stereocenters. The molecule has 0 saturated heterocycles. The first-order valence-corrected chi connectivity index (χ1v) is 6.72. The van der Waals surface area contributed by atoms with Crippen LogP contribution in [0.15, 0.2) is 18.2 Å². The molecule has 108 valence electrons. The van der Waals surface area contributed by atoms with Gasteiger partial charge in [-0.05, 0) is 32.4 Å². The van der Waals surface area contributed by atoms with Gasteiger partial charge in [0.15, 0.2) is 0 Å². The number of allylic oxidation sites excluding steroid dienone is 1. The zero-order chi connectivity index (χ0) is 15.1. The van der Waals surface area contributed by atoms with Gasteiger partial charge in [0.1, 0.15) is 5.75 Å². The Kier molecular flexibility index (Phi) is 3.50. The molecule has 1 aromatic carbocycles. The molecule has 0 bridgehead atoms. The lowest BCUT2D eigenvalue weighted by Crippen LogP contribution is -2.47. The topological polar surface area (TPSA) is 41.6 Å². The second-order valence-electron chi connectivity index (χ2n) is 5.66. The lowest BCUT2D eigenvalue weighted by Gasteiger charge is -2.41. The van der Waals surface area contributed by atoms with Gasteiger partial charge in [-0.15, -0.1) is 0 Å². The van der Waals surface area contributed by atoms with Crippen LogP contribution in [-0.2, 0) is 4.79 Å². The molecule has 0 radical (unpaired) electrons. The number of hydrogen-bond acceptors (Lipinski definition) is 3. The van der Waals surface area contributed by atoms with Crippen LogP contribution in [-0.4, -0.2) is 25.6 Å². The molecule has 1 N–H and O–H groups in total. The molecule has 1 amide bonds. The van der Waals surface area contributed by atoms with Crippen LogP contribution >= 0.6 is 0 Å². The van der Waals surface area contributed by atoms with Gasteiger partial charge in [0, 0.05) is 25.6 Å². The molecule has 0 atom stereocenters. The fourth-order valence-electron chi connectivity index (χ4n) is 2.99. The molecule has 0 saturated carbocycles. The number of anilines is 2. The number of benzene rings is 1. The summed E-state index contributed by atoms with van der Waals surface area (Å²) in [6.45, 7) is 7.75. The van der Waals surface area contributed by atoms with E-state index in [0.29, 0.717) is 0 Å². The maximum atomic E-state index is 12.1. The Morgan fingerprint density at radius 2 is 2.00 bits per heavy atom. The third kappa shape index (κ3) is 2.15. The quantitative estimate of drug-likeness (QED) is 0.899. The summed E-state index contributed by atoms with van der Waals surface area (Å²) in [5.41, 5.74) is 3.71. The maximum Gasteiger partial charge on any atom is 0.224 e. The van der Waals surface area contributed by atoms with Crippen molar-refractivity contribution in [3.05, 3.63) is 23.8 Å². The van der Waals surface area contributed by atoms with Crippen molar-refractivity contribution in [2.24, 2.45) is 0 Å². The molecule has 0 aliphatic carbocycles. The SMILES string of the molecule is CNc1cc2c(cc1OC)N(C(C)=O)C(C)(C)C=C2C. The highest BCUT2D eigenvalue weighted by Crippen LogP contribution is 2.43. The van der Waals surface area contributed by atoms with Crippen molar-refractivity contribution in [1.82, 2.24) is 0 Å². The van der Waals surface area contributed by atoms with E-state index in [9.17, 15) is 4.79 Å². The number of nitrogens with one attached hydrogen (secondary N) is 1. The summed E-state index contributed by atoms with van der Waals surface area (Å²) in [6, 6.07) is 3.96. The van der Waals surface area contributed by atoms with Gasteiger partial charge in [0.05, 0.1) is 24.0 Å². The third-order valence-corrected chi connectivity index (χ3v) is 3.71. The number of carbonyl (C=O) groups is 1. The summed E-state index contributed by atoms with van der Waals surface area (Å²) in [5, 5.41) is 3.13. The van der Waals surface area contributed by atoms with Gasteiger partial charge in [-0.25, -0.2) is 0 Å². The molecule has 1 aromatic rings. The van der Waals surface area contributed by atoms with E-state index in [1.165, 1.54) is 5.57 Å². The van der Waals surface area contributed by atoms with E-state index in [4.69, 9.17) is 4.74 Å². The van der Waals surface area contributed by atoms with E-state index >= 15 is 0 Å². The Morgan fingerprint density at radius 3 is 2.50 bits per heavy atom. The lowest BCUT2D eigenvalue weighted by molar-refractivity contribution is -0.117. The smallest absolute Gasteiger partial charge is 0.224 e. The first-order chi connectivity index (χ1) is 9.31. The second kappa shape index (κ2) is 4.85. The summed E-state index contributed by atoms with van der Waals surface area (Å²) in [6.07, 6.45) is 2.13. The van der Waals surface area contributed by atoms with Crippen LogP contribution in [0.1, 0.15) is 33.3 Å². The summed E-state index contributed by atoms with van der Waals surface area (Å²) in [7, 11) is 3.50. The van der Waals surface area contributed by atoms with Crippen molar-refractivity contribution in [2.45, 2.75) is 33.2 Å². The van der Waals surface area contributed by atoms with E-state index in [0.717, 1.165) is 22.7 Å². The van der Waals surface area contributed by atoms with Crippen molar-refractivity contribution in [3.63, 3.8) is 0 Å². The van der Waals surface area contributed by atoms with Crippen LogP contribution < -0.4 is 15.0 Å². The first kappa shape index (κ1) is 14.4. The molecular weight excluding hydrogens is 252 g/mol. The van der Waals surface area contributed by atoms with Crippen LogP contribution in [0.4, 0.5) is 11.4 Å². The van der Waals surface area contributed by atoms with Crippen molar-refractivity contribution >= 4 is 22.9 Å². The molecule has 4 nitrogen and oxygen atoms in total. The number of rotatable bonds is 2. The van der Waals surface area contributed by atoms with Gasteiger partial charge in [-0.3, -0.25) is 4.79 Å². The Morgan fingerprint density at radius 1 is 1.35 bits per heavy atom. The van der Waals surface area contributed by atoms with Gasteiger partial charge in [-0.2, -0.15) is 0 Å². The van der Waals surface area contributed by atoms with Gasteiger partial charge < -0.3 is 15.0 Å². The molecular formula is C16H22N2O2. The van der Waals surface area contributed by atoms with Gasteiger partial charge in [-0.1, -0.05) is 6.08 Å². The second-order valence-corrected chi connectivity index (χ2v) is 5.66. The summed E-state index contributed by atoms with van der Waals surface area (Å²) in [5.74, 6) is 0.766. The van der Waals surface area contributed by atoms with Crippen LogP contribution in [0.25, 0.3) is 5.57 Å². The van der Waals surface area contributed by atoms with Gasteiger partial charge >= 0.3 is 0 Å². The first-order valence-electron chi connectivity index (χ1n) is 6.72. The Hall–Kier alpha value is -1.97. The van der Waals surface area contributed by atoms with Crippen LogP contribution in [0, 0.1) is 0 Å². The predicted molar refractivity (Wildman–Crippen MR) is 83.4 cm³/mol. The number of carbonyl (C=O) groups excluding carboxylic acids is 1. The molecule has 0 fully saturated rings. The maximum absolute atomic E-state index is 12.1. The third-order valence-electron chi connectivity index (χ3n) is 3.71. The van der Waals surface area contributed by atoms with Crippen LogP contribution in [0.3, 0.4) is 0 Å². The number of nitrogens with zero attached hydrogens (tertiary/aromatic N) is 1. The van der Waals surface area contributed by atoms with Gasteiger partial charge in [0.2, 0.25) is 5.91 Å². The highest BCUT2D eigenvalue weighted by Gasteiger charge is 2.34. The van der Waals surface area contributed by atoms with E-state index < -0.39 is 0 Å². The molecule has 4 heteroatoms. The van der Waals surface area contributed by atoms with Crippen molar-refractivity contribution in [2.75, 3.05) is 24.4 Å². The largest absolute Gasteiger partial charge is 0.495 e. The highest BCUT2D eigenvalue weighted by atomic mass is 16.5. The minimum atomic E-state index is -0.338. The average Bonchev–Trinajstić information content (AvgIpc) is 2.35. The lowest BCUT2D eigenvalue weighted by atomic mass is 9.88. The fourth-order valence-corrected chi connectivity index (χ4v) is 2.99. The molecule has 0 spiro atoms. The molecule has 1 aliphatic rings. The number of fused-ring (bicyclic) bond motifs is 1. The fraction of sp³-hybridized carbons (Fsp3) is 0.438. The Bertz CT molecular complexity index is 588. The van der Waals surface area contributed by atoms with Crippen LogP contribution in [0.5, 0.6) is 5.75 Å². The summed E-state index contributed by atoms with van der Waals surface area (Å²) >= 11 is 0. The number of hydrogen-bond donors (Lipinski definition) is 1. The van der Waals surface area contributed by atoms with Crippen molar-refractivity contribution < 1.29 is 9.53 Å². The predicted octanol–water partition coefficient (Wildman–Crippen LogP) is 3.29. The minimum Gasteiger partial charge on any atom is -0.495 e. The summed E-state index contributed by atoms with van der Waals surface area (Å²) in [4.78, 5) is 13.9. The van der Waals surface area contributed by atoms with Crippen LogP contribution in [0.2, 0.25) is 0 Å². The highest BCUT2D eigenvalue weighted by molar-refractivity contribution is 6.00. The molecule has 20 heavy (non-hydrogen) atoms. The van der Waals surface area contributed by atoms with E-state index in [1.54, 1.807) is 14.0 Å². The van der Waals surface area contributed by atoms with Crippen molar-refractivity contribution in [1.29, 1.82) is 0 Å². The number of ether oxygens (including phenoxy) is 1. The van der Waals surface area contributed by atoms with Gasteiger partial charge in [0.25, 0.3) is 0 Å². The van der Waals surface area contributed by atoms with E-state index in [-0.39, 0.29) is 11.4 Å². The average molecular weight is 274 g/mol. The normalized spacial score (nSPS) is 16.3. The number of methoxy groups -OCH3 is 1. The molecule has 2 rings (SSSR count).